The molecule has 4 aromatic rings. The second-order valence-corrected chi connectivity index (χ2v) is 6.65. The maximum atomic E-state index is 11.3. The fourth-order valence-electron chi connectivity index (χ4n) is 3.49. The normalized spacial score (nSPS) is 11.1. The van der Waals surface area contributed by atoms with Crippen molar-refractivity contribution in [3.05, 3.63) is 77.0 Å². The van der Waals surface area contributed by atoms with E-state index in [0.717, 1.165) is 34.7 Å². The Morgan fingerprint density at radius 1 is 1.11 bits per heavy atom. The molecule has 0 bridgehead atoms. The minimum Gasteiger partial charge on any atom is -0.478 e. The fourth-order valence-corrected chi connectivity index (χ4v) is 3.49. The highest BCUT2D eigenvalue weighted by atomic mass is 16.4. The SMILES string of the molecule is Cc1c(CCc2ccccc2)cnc2c(N)nc3cc(C(=O)O)ccc3c12. The Balaban J connectivity index is 1.84. The number of aromatic carboxylic acids is 1. The first-order valence-corrected chi connectivity index (χ1v) is 8.79. The maximum absolute atomic E-state index is 11.3. The number of benzene rings is 2. The summed E-state index contributed by atoms with van der Waals surface area (Å²) in [5, 5.41) is 11.0. The zero-order valence-corrected chi connectivity index (χ0v) is 14.9. The fraction of sp³-hybridized carbons (Fsp3) is 0.136. The number of fused-ring (bicyclic) bond motifs is 3. The van der Waals surface area contributed by atoms with Crippen LogP contribution < -0.4 is 5.73 Å². The summed E-state index contributed by atoms with van der Waals surface area (Å²) in [6.45, 7) is 2.06. The predicted molar refractivity (Wildman–Crippen MR) is 107 cm³/mol. The lowest BCUT2D eigenvalue weighted by Crippen LogP contribution is -2.02. The van der Waals surface area contributed by atoms with Crippen molar-refractivity contribution in [1.82, 2.24) is 9.97 Å². The molecule has 5 nitrogen and oxygen atoms in total. The number of carboxylic acids is 1. The van der Waals surface area contributed by atoms with Crippen LogP contribution in [-0.4, -0.2) is 21.0 Å². The maximum Gasteiger partial charge on any atom is 0.335 e. The molecule has 0 fully saturated rings. The summed E-state index contributed by atoms with van der Waals surface area (Å²) in [5.41, 5.74) is 11.1. The number of carbonyl (C=O) groups is 1. The first-order valence-electron chi connectivity index (χ1n) is 8.79. The number of nitrogens with zero attached hydrogens (tertiary/aromatic N) is 2. The Labute approximate surface area is 156 Å². The van der Waals surface area contributed by atoms with Crippen LogP contribution >= 0.6 is 0 Å². The highest BCUT2D eigenvalue weighted by molar-refractivity contribution is 6.11. The van der Waals surface area contributed by atoms with Gasteiger partial charge in [0.15, 0.2) is 5.82 Å². The number of rotatable bonds is 4. The Morgan fingerprint density at radius 3 is 2.63 bits per heavy atom. The molecule has 0 aliphatic heterocycles. The number of nitrogen functional groups attached to an aromatic ring is 1. The Morgan fingerprint density at radius 2 is 1.89 bits per heavy atom. The number of aromatic nitrogens is 2. The van der Waals surface area contributed by atoms with Crippen LogP contribution in [-0.2, 0) is 12.8 Å². The van der Waals surface area contributed by atoms with E-state index < -0.39 is 5.97 Å². The van der Waals surface area contributed by atoms with E-state index in [0.29, 0.717) is 16.9 Å². The van der Waals surface area contributed by atoms with Crippen molar-refractivity contribution in [1.29, 1.82) is 0 Å². The standard InChI is InChI=1S/C22H19N3O2/c1-13-16(8-7-14-5-3-2-4-6-14)12-24-20-19(13)17-10-9-15(22(26)27)11-18(17)25-21(20)23/h2-6,9-12H,7-8H2,1H3,(H2,23,25)(H,26,27). The molecule has 134 valence electrons. The van der Waals surface area contributed by atoms with Gasteiger partial charge in [-0.1, -0.05) is 36.4 Å². The van der Waals surface area contributed by atoms with Gasteiger partial charge in [-0.15, -0.1) is 0 Å². The van der Waals surface area contributed by atoms with E-state index in [-0.39, 0.29) is 5.56 Å². The van der Waals surface area contributed by atoms with Gasteiger partial charge in [-0.05, 0) is 48.6 Å². The van der Waals surface area contributed by atoms with E-state index in [1.54, 1.807) is 18.2 Å². The van der Waals surface area contributed by atoms with Crippen LogP contribution in [0.3, 0.4) is 0 Å². The molecular formula is C22H19N3O2. The van der Waals surface area contributed by atoms with E-state index in [1.165, 1.54) is 5.56 Å². The van der Waals surface area contributed by atoms with E-state index >= 15 is 0 Å². The lowest BCUT2D eigenvalue weighted by Gasteiger charge is -2.13. The van der Waals surface area contributed by atoms with Crippen LogP contribution in [0.15, 0.2) is 54.7 Å². The molecule has 0 amide bonds. The van der Waals surface area contributed by atoms with Crippen LogP contribution in [0.2, 0.25) is 0 Å². The minimum absolute atomic E-state index is 0.194. The van der Waals surface area contributed by atoms with E-state index in [2.05, 4.69) is 29.0 Å². The van der Waals surface area contributed by atoms with Crippen LogP contribution in [0.1, 0.15) is 27.0 Å². The van der Waals surface area contributed by atoms with Crippen molar-refractivity contribution in [2.24, 2.45) is 0 Å². The molecule has 0 radical (unpaired) electrons. The molecule has 0 saturated heterocycles. The third kappa shape index (κ3) is 3.08. The van der Waals surface area contributed by atoms with Gasteiger partial charge >= 0.3 is 5.97 Å². The second kappa shape index (κ2) is 6.68. The summed E-state index contributed by atoms with van der Waals surface area (Å²) >= 11 is 0. The average Bonchev–Trinajstić information content (AvgIpc) is 2.67. The molecule has 0 aliphatic carbocycles. The van der Waals surface area contributed by atoms with Gasteiger partial charge in [0.2, 0.25) is 0 Å². The zero-order chi connectivity index (χ0) is 19.0. The van der Waals surface area contributed by atoms with Crippen molar-refractivity contribution >= 4 is 33.6 Å². The molecule has 4 rings (SSSR count). The van der Waals surface area contributed by atoms with Gasteiger partial charge in [-0.2, -0.15) is 0 Å². The molecule has 0 spiro atoms. The monoisotopic (exact) mass is 357 g/mol. The van der Waals surface area contributed by atoms with Gasteiger partial charge in [0.05, 0.1) is 11.1 Å². The summed E-state index contributed by atoms with van der Waals surface area (Å²) < 4.78 is 0. The van der Waals surface area contributed by atoms with Crippen LogP contribution in [0, 0.1) is 6.92 Å². The van der Waals surface area contributed by atoms with Gasteiger partial charge < -0.3 is 10.8 Å². The summed E-state index contributed by atoms with van der Waals surface area (Å²) in [6.07, 6.45) is 3.67. The molecule has 0 aliphatic rings. The molecule has 2 heterocycles. The third-order valence-electron chi connectivity index (χ3n) is 4.97. The molecule has 2 aromatic heterocycles. The highest BCUT2D eigenvalue weighted by Crippen LogP contribution is 2.31. The third-order valence-corrected chi connectivity index (χ3v) is 4.97. The van der Waals surface area contributed by atoms with Gasteiger partial charge in [-0.25, -0.2) is 9.78 Å². The van der Waals surface area contributed by atoms with E-state index in [9.17, 15) is 9.90 Å². The molecule has 0 unspecified atom stereocenters. The van der Waals surface area contributed by atoms with Crippen LogP contribution in [0.4, 0.5) is 5.82 Å². The van der Waals surface area contributed by atoms with E-state index in [4.69, 9.17) is 5.73 Å². The molecule has 27 heavy (non-hydrogen) atoms. The van der Waals surface area contributed by atoms with Crippen LogP contribution in [0.5, 0.6) is 0 Å². The number of anilines is 1. The average molecular weight is 357 g/mol. The second-order valence-electron chi connectivity index (χ2n) is 6.65. The van der Waals surface area contributed by atoms with Gasteiger partial charge in [0.1, 0.15) is 5.52 Å². The summed E-state index contributed by atoms with van der Waals surface area (Å²) in [4.78, 5) is 20.2. The summed E-state index contributed by atoms with van der Waals surface area (Å²) in [5.74, 6) is -0.665. The zero-order valence-electron chi connectivity index (χ0n) is 14.9. The smallest absolute Gasteiger partial charge is 0.335 e. The molecule has 0 atom stereocenters. The lowest BCUT2D eigenvalue weighted by molar-refractivity contribution is 0.0697. The van der Waals surface area contributed by atoms with Crippen LogP contribution in [0.25, 0.3) is 21.8 Å². The Bertz CT molecular complexity index is 1170. The number of hydrogen-bond acceptors (Lipinski definition) is 4. The quantitative estimate of drug-likeness (QED) is 0.535. The highest BCUT2D eigenvalue weighted by Gasteiger charge is 2.14. The molecule has 0 saturated carbocycles. The van der Waals surface area contributed by atoms with E-state index in [1.807, 2.05) is 24.4 Å². The van der Waals surface area contributed by atoms with Crippen molar-refractivity contribution < 1.29 is 9.90 Å². The van der Waals surface area contributed by atoms with Gasteiger partial charge in [0.25, 0.3) is 0 Å². The number of aryl methyl sites for hydroxylation is 3. The first-order chi connectivity index (χ1) is 13.0. The first kappa shape index (κ1) is 17.0. The minimum atomic E-state index is -0.983. The van der Waals surface area contributed by atoms with Gasteiger partial charge in [-0.3, -0.25) is 4.98 Å². The van der Waals surface area contributed by atoms with Crippen molar-refractivity contribution in [2.45, 2.75) is 19.8 Å². The Hall–Kier alpha value is -3.47. The van der Waals surface area contributed by atoms with Gasteiger partial charge in [0, 0.05) is 17.0 Å². The molecular weight excluding hydrogens is 338 g/mol. The van der Waals surface area contributed by atoms with Crippen molar-refractivity contribution in [3.8, 4) is 0 Å². The number of nitrogens with two attached hydrogens (primary N) is 1. The molecule has 5 heteroatoms. The van der Waals surface area contributed by atoms with Crippen molar-refractivity contribution in [2.75, 3.05) is 5.73 Å². The predicted octanol–water partition coefficient (Wildman–Crippen LogP) is 4.16. The topological polar surface area (TPSA) is 89.1 Å². The Kier molecular flexibility index (Phi) is 4.20. The largest absolute Gasteiger partial charge is 0.478 e. The molecule has 2 aromatic carbocycles. The molecule has 3 N–H and O–H groups in total. The lowest BCUT2D eigenvalue weighted by atomic mass is 9.97. The number of hydrogen-bond donors (Lipinski definition) is 2. The number of pyridine rings is 2. The number of carboxylic acid groups (broad SMARTS) is 1. The summed E-state index contributed by atoms with van der Waals surface area (Å²) in [7, 11) is 0. The van der Waals surface area contributed by atoms with Crippen molar-refractivity contribution in [3.63, 3.8) is 0 Å². The summed E-state index contributed by atoms with van der Waals surface area (Å²) in [6, 6.07) is 15.3.